The fraction of sp³-hybridized carbons (Fsp3) is 0.789. The number of carbonyl (C=O) groups is 2. The Labute approximate surface area is 132 Å². The molecule has 4 aliphatic rings. The van der Waals surface area contributed by atoms with E-state index in [2.05, 4.69) is 0 Å². The number of allylic oxidation sites excluding steroid dienone is 1. The second kappa shape index (κ2) is 5.50. The Balaban J connectivity index is 1.74. The molecule has 0 aliphatic heterocycles. The van der Waals surface area contributed by atoms with E-state index in [-0.39, 0.29) is 17.8 Å². The van der Waals surface area contributed by atoms with Crippen LogP contribution in [0.4, 0.5) is 0 Å². The summed E-state index contributed by atoms with van der Waals surface area (Å²) in [5, 5.41) is 0. The first-order valence-electron chi connectivity index (χ1n) is 9.17. The first-order chi connectivity index (χ1) is 10.7. The molecule has 3 heteroatoms. The summed E-state index contributed by atoms with van der Waals surface area (Å²) in [6.07, 6.45) is 9.36. The number of esters is 1. The molecule has 3 fully saturated rings. The Morgan fingerprint density at radius 3 is 2.41 bits per heavy atom. The average Bonchev–Trinajstić information content (AvgIpc) is 3.20. The molecule has 0 radical (unpaired) electrons. The Morgan fingerprint density at radius 1 is 1.05 bits per heavy atom. The third-order valence-corrected chi connectivity index (χ3v) is 6.62. The van der Waals surface area contributed by atoms with Gasteiger partial charge >= 0.3 is 5.97 Å². The zero-order chi connectivity index (χ0) is 15.3. The topological polar surface area (TPSA) is 43.4 Å². The van der Waals surface area contributed by atoms with E-state index in [1.165, 1.54) is 32.1 Å². The van der Waals surface area contributed by atoms with E-state index in [1.807, 2.05) is 6.92 Å². The number of rotatable bonds is 3. The molecule has 0 aromatic carbocycles. The minimum atomic E-state index is -0.184. The van der Waals surface area contributed by atoms with Crippen molar-refractivity contribution in [2.75, 3.05) is 6.61 Å². The van der Waals surface area contributed by atoms with Crippen molar-refractivity contribution in [2.24, 2.45) is 29.6 Å². The summed E-state index contributed by atoms with van der Waals surface area (Å²) in [6.45, 7) is 2.26. The smallest absolute Gasteiger partial charge is 0.334 e. The van der Waals surface area contributed by atoms with Gasteiger partial charge in [-0.15, -0.1) is 0 Å². The molecule has 0 amide bonds. The van der Waals surface area contributed by atoms with E-state index >= 15 is 0 Å². The fourth-order valence-electron chi connectivity index (χ4n) is 5.84. The molecule has 22 heavy (non-hydrogen) atoms. The Bertz CT molecular complexity index is 527. The van der Waals surface area contributed by atoms with E-state index in [0.717, 1.165) is 30.4 Å². The zero-order valence-corrected chi connectivity index (χ0v) is 13.5. The zero-order valence-electron chi connectivity index (χ0n) is 13.5. The highest BCUT2D eigenvalue weighted by molar-refractivity contribution is 6.10. The minimum absolute atomic E-state index is 0.120. The van der Waals surface area contributed by atoms with Crippen LogP contribution in [0.2, 0.25) is 0 Å². The van der Waals surface area contributed by atoms with Crippen LogP contribution in [0.15, 0.2) is 11.1 Å². The monoisotopic (exact) mass is 302 g/mol. The summed E-state index contributed by atoms with van der Waals surface area (Å²) in [5.74, 6) is 1.87. The van der Waals surface area contributed by atoms with Gasteiger partial charge in [0.05, 0.1) is 6.61 Å². The number of hydrogen-bond donors (Lipinski definition) is 0. The van der Waals surface area contributed by atoms with E-state index < -0.39 is 0 Å². The molecular formula is C19H26O3. The van der Waals surface area contributed by atoms with Gasteiger partial charge in [0.1, 0.15) is 0 Å². The highest BCUT2D eigenvalue weighted by Gasteiger charge is 2.59. The predicted molar refractivity (Wildman–Crippen MR) is 83.1 cm³/mol. The predicted octanol–water partition coefficient (Wildman–Crippen LogP) is 3.67. The van der Waals surface area contributed by atoms with Crippen molar-refractivity contribution in [1.82, 2.24) is 0 Å². The SMILES string of the molecule is CCOC(=O)C1=C(C2CCCCC2)C(=O)[C@@H]2[C@H]3CC[C@H](C3)[C@H]12. The van der Waals surface area contributed by atoms with Gasteiger partial charge in [-0.1, -0.05) is 19.3 Å². The van der Waals surface area contributed by atoms with E-state index in [1.54, 1.807) is 0 Å². The number of carbonyl (C=O) groups excluding carboxylic acids is 2. The van der Waals surface area contributed by atoms with E-state index in [4.69, 9.17) is 4.74 Å². The molecule has 3 saturated carbocycles. The van der Waals surface area contributed by atoms with Crippen LogP contribution in [0.25, 0.3) is 0 Å². The molecule has 0 aromatic rings. The van der Waals surface area contributed by atoms with Crippen LogP contribution in [-0.2, 0) is 14.3 Å². The molecule has 0 unspecified atom stereocenters. The van der Waals surface area contributed by atoms with Gasteiger partial charge in [0, 0.05) is 23.0 Å². The normalized spacial score (nSPS) is 37.8. The molecule has 0 saturated heterocycles. The maximum Gasteiger partial charge on any atom is 0.334 e. The first-order valence-corrected chi connectivity index (χ1v) is 9.17. The second-order valence-corrected chi connectivity index (χ2v) is 7.63. The molecule has 2 bridgehead atoms. The lowest BCUT2D eigenvalue weighted by Crippen LogP contribution is -2.26. The Hall–Kier alpha value is -1.12. The highest BCUT2D eigenvalue weighted by atomic mass is 16.5. The van der Waals surface area contributed by atoms with Crippen molar-refractivity contribution in [3.8, 4) is 0 Å². The Morgan fingerprint density at radius 2 is 1.73 bits per heavy atom. The van der Waals surface area contributed by atoms with Crippen LogP contribution in [-0.4, -0.2) is 18.4 Å². The van der Waals surface area contributed by atoms with Crippen LogP contribution < -0.4 is 0 Å². The number of ketones is 1. The number of Topliss-reactive ketones (excluding diaryl/α,β-unsaturated/α-hetero) is 1. The summed E-state index contributed by atoms with van der Waals surface area (Å²) in [7, 11) is 0. The maximum atomic E-state index is 13.1. The van der Waals surface area contributed by atoms with Crippen molar-refractivity contribution < 1.29 is 14.3 Å². The molecule has 0 N–H and O–H groups in total. The third kappa shape index (κ3) is 2.00. The molecule has 0 spiro atoms. The lowest BCUT2D eigenvalue weighted by Gasteiger charge is -2.25. The quantitative estimate of drug-likeness (QED) is 0.747. The van der Waals surface area contributed by atoms with Crippen molar-refractivity contribution in [3.05, 3.63) is 11.1 Å². The van der Waals surface area contributed by atoms with Crippen LogP contribution in [0.5, 0.6) is 0 Å². The summed E-state index contributed by atoms with van der Waals surface area (Å²) < 4.78 is 5.36. The fourth-order valence-corrected chi connectivity index (χ4v) is 5.84. The number of ether oxygens (including phenoxy) is 1. The summed E-state index contributed by atoms with van der Waals surface area (Å²) in [5.41, 5.74) is 1.72. The minimum Gasteiger partial charge on any atom is -0.463 e. The van der Waals surface area contributed by atoms with E-state index in [9.17, 15) is 9.59 Å². The average molecular weight is 302 g/mol. The van der Waals surface area contributed by atoms with Gasteiger partial charge in [0.2, 0.25) is 0 Å². The van der Waals surface area contributed by atoms with Crippen molar-refractivity contribution >= 4 is 11.8 Å². The van der Waals surface area contributed by atoms with Gasteiger partial charge in [-0.05, 0) is 56.8 Å². The summed E-state index contributed by atoms with van der Waals surface area (Å²) in [6, 6.07) is 0. The summed E-state index contributed by atoms with van der Waals surface area (Å²) in [4.78, 5) is 25.8. The van der Waals surface area contributed by atoms with Crippen LogP contribution >= 0.6 is 0 Å². The molecule has 4 atom stereocenters. The van der Waals surface area contributed by atoms with Crippen LogP contribution in [0.1, 0.15) is 58.3 Å². The molecular weight excluding hydrogens is 276 g/mol. The molecule has 4 aliphatic carbocycles. The van der Waals surface area contributed by atoms with Gasteiger partial charge in [-0.2, -0.15) is 0 Å². The van der Waals surface area contributed by atoms with Crippen molar-refractivity contribution in [3.63, 3.8) is 0 Å². The third-order valence-electron chi connectivity index (χ3n) is 6.62. The number of hydrogen-bond acceptors (Lipinski definition) is 3. The van der Waals surface area contributed by atoms with Gasteiger partial charge < -0.3 is 4.74 Å². The molecule has 3 nitrogen and oxygen atoms in total. The maximum absolute atomic E-state index is 13.1. The highest BCUT2D eigenvalue weighted by Crippen LogP contribution is 2.60. The van der Waals surface area contributed by atoms with Crippen molar-refractivity contribution in [1.29, 1.82) is 0 Å². The van der Waals surface area contributed by atoms with Gasteiger partial charge in [-0.25, -0.2) is 4.79 Å². The Kier molecular flexibility index (Phi) is 3.62. The van der Waals surface area contributed by atoms with Crippen molar-refractivity contribution in [2.45, 2.75) is 58.3 Å². The molecule has 120 valence electrons. The van der Waals surface area contributed by atoms with Crippen LogP contribution in [0, 0.1) is 29.6 Å². The lowest BCUT2D eigenvalue weighted by molar-refractivity contribution is -0.139. The van der Waals surface area contributed by atoms with Gasteiger partial charge in [0.15, 0.2) is 5.78 Å². The molecule has 0 aromatic heterocycles. The summed E-state index contributed by atoms with van der Waals surface area (Å²) >= 11 is 0. The lowest BCUT2D eigenvalue weighted by atomic mass is 9.78. The second-order valence-electron chi connectivity index (χ2n) is 7.63. The first kappa shape index (κ1) is 14.5. The standard InChI is InChI=1S/C19H26O3/c1-2-22-19(21)17-14-12-8-9-13(10-12)16(14)18(20)15(17)11-6-4-3-5-7-11/h11-14,16H,2-10H2,1H3/t12-,13+,14+,16-/m1/s1. The van der Waals surface area contributed by atoms with Gasteiger partial charge in [0.25, 0.3) is 0 Å². The van der Waals surface area contributed by atoms with Crippen LogP contribution in [0.3, 0.4) is 0 Å². The molecule has 0 heterocycles. The number of fused-ring (bicyclic) bond motifs is 5. The molecule has 4 rings (SSSR count). The van der Waals surface area contributed by atoms with E-state index in [0.29, 0.717) is 30.1 Å². The van der Waals surface area contributed by atoms with Gasteiger partial charge in [-0.3, -0.25) is 4.79 Å². The largest absolute Gasteiger partial charge is 0.463 e.